The minimum atomic E-state index is -0.538. The predicted octanol–water partition coefficient (Wildman–Crippen LogP) is 1.99. The maximum atomic E-state index is 10.2. The van der Waals surface area contributed by atoms with Crippen molar-refractivity contribution in [1.29, 1.82) is 5.26 Å². The average Bonchev–Trinajstić information content (AvgIpc) is 2.75. The molecule has 0 amide bonds. The predicted molar refractivity (Wildman–Crippen MR) is 107 cm³/mol. The number of rotatable bonds is 9. The number of ether oxygens (including phenoxy) is 2. The van der Waals surface area contributed by atoms with Crippen molar-refractivity contribution < 1.29 is 14.6 Å². The van der Waals surface area contributed by atoms with Gasteiger partial charge in [-0.3, -0.25) is 9.80 Å². The Hall–Kier alpha value is -2.59. The van der Waals surface area contributed by atoms with Crippen LogP contribution in [0.5, 0.6) is 11.5 Å². The first-order valence-corrected chi connectivity index (χ1v) is 9.66. The molecule has 1 saturated heterocycles. The van der Waals surface area contributed by atoms with Crippen molar-refractivity contribution in [2.24, 2.45) is 0 Å². The number of nitrogens with zero attached hydrogens (tertiary/aromatic N) is 3. The van der Waals surface area contributed by atoms with Crippen LogP contribution in [0.4, 0.5) is 0 Å². The number of piperazine rings is 1. The first-order valence-electron chi connectivity index (χ1n) is 9.66. The number of para-hydroxylation sites is 1. The first kappa shape index (κ1) is 20.2. The fourth-order valence-corrected chi connectivity index (χ4v) is 3.17. The highest BCUT2D eigenvalue weighted by Gasteiger charge is 2.19. The van der Waals surface area contributed by atoms with E-state index >= 15 is 0 Å². The summed E-state index contributed by atoms with van der Waals surface area (Å²) in [6.45, 7) is 6.25. The zero-order valence-corrected chi connectivity index (χ0v) is 16.0. The minimum Gasteiger partial charge on any atom is -0.492 e. The summed E-state index contributed by atoms with van der Waals surface area (Å²) >= 11 is 0. The van der Waals surface area contributed by atoms with E-state index in [0.717, 1.165) is 38.5 Å². The Kier molecular flexibility index (Phi) is 7.68. The molecule has 0 spiro atoms. The maximum absolute atomic E-state index is 10.2. The zero-order chi connectivity index (χ0) is 19.6. The zero-order valence-electron chi connectivity index (χ0n) is 16.0. The second kappa shape index (κ2) is 10.7. The highest BCUT2D eigenvalue weighted by molar-refractivity contribution is 5.34. The minimum absolute atomic E-state index is 0.247. The van der Waals surface area contributed by atoms with Crippen LogP contribution in [0.25, 0.3) is 0 Å². The van der Waals surface area contributed by atoms with Crippen molar-refractivity contribution in [3.05, 3.63) is 60.2 Å². The van der Waals surface area contributed by atoms with Crippen LogP contribution >= 0.6 is 0 Å². The van der Waals surface area contributed by atoms with Gasteiger partial charge in [-0.05, 0) is 36.4 Å². The van der Waals surface area contributed by atoms with Gasteiger partial charge in [-0.1, -0.05) is 18.2 Å². The van der Waals surface area contributed by atoms with Crippen LogP contribution < -0.4 is 9.47 Å². The molecule has 1 aliphatic rings. The van der Waals surface area contributed by atoms with Crippen LogP contribution in [0.2, 0.25) is 0 Å². The molecular formula is C22H27N3O3. The summed E-state index contributed by atoms with van der Waals surface area (Å²) < 4.78 is 11.4. The van der Waals surface area contributed by atoms with Crippen molar-refractivity contribution in [2.45, 2.75) is 6.10 Å². The van der Waals surface area contributed by atoms with E-state index in [9.17, 15) is 5.11 Å². The summed E-state index contributed by atoms with van der Waals surface area (Å²) in [5.41, 5.74) is 0.597. The van der Waals surface area contributed by atoms with E-state index in [1.165, 1.54) is 0 Å². The third-order valence-corrected chi connectivity index (χ3v) is 4.78. The normalized spacial score (nSPS) is 16.3. The molecule has 1 heterocycles. The van der Waals surface area contributed by atoms with Crippen molar-refractivity contribution in [3.8, 4) is 17.6 Å². The van der Waals surface area contributed by atoms with Gasteiger partial charge in [0.1, 0.15) is 30.8 Å². The Morgan fingerprint density at radius 1 is 0.893 bits per heavy atom. The maximum Gasteiger partial charge on any atom is 0.119 e. The van der Waals surface area contributed by atoms with E-state index in [2.05, 4.69) is 15.9 Å². The third kappa shape index (κ3) is 6.54. The van der Waals surface area contributed by atoms with Crippen LogP contribution in [0.3, 0.4) is 0 Å². The molecule has 148 valence electrons. The van der Waals surface area contributed by atoms with E-state index < -0.39 is 6.10 Å². The molecule has 0 bridgehead atoms. The summed E-state index contributed by atoms with van der Waals surface area (Å²) in [6, 6.07) is 18.9. The monoisotopic (exact) mass is 381 g/mol. The summed E-state index contributed by atoms with van der Waals surface area (Å²) in [5.74, 6) is 1.58. The third-order valence-electron chi connectivity index (χ3n) is 4.78. The molecular weight excluding hydrogens is 354 g/mol. The Balaban J connectivity index is 1.29. The van der Waals surface area contributed by atoms with Gasteiger partial charge >= 0.3 is 0 Å². The molecule has 1 atom stereocenters. The molecule has 3 rings (SSSR count). The van der Waals surface area contributed by atoms with E-state index in [4.69, 9.17) is 14.7 Å². The number of aliphatic hydroxyl groups is 1. The lowest BCUT2D eigenvalue weighted by Crippen LogP contribution is -2.50. The van der Waals surface area contributed by atoms with E-state index in [-0.39, 0.29) is 6.61 Å². The van der Waals surface area contributed by atoms with Crippen molar-refractivity contribution in [1.82, 2.24) is 9.80 Å². The highest BCUT2D eigenvalue weighted by atomic mass is 16.5. The second-order valence-electron chi connectivity index (χ2n) is 6.90. The Morgan fingerprint density at radius 3 is 2.21 bits per heavy atom. The van der Waals surface area contributed by atoms with Crippen LogP contribution in [-0.2, 0) is 0 Å². The summed E-state index contributed by atoms with van der Waals surface area (Å²) in [5, 5.41) is 19.0. The lowest BCUT2D eigenvalue weighted by molar-refractivity contribution is 0.0436. The number of β-amino-alcohol motifs (C(OH)–C–C–N with tert-alkyl or cyclic N) is 1. The number of hydrogen-bond donors (Lipinski definition) is 1. The van der Waals surface area contributed by atoms with Gasteiger partial charge in [-0.15, -0.1) is 0 Å². The Morgan fingerprint density at radius 2 is 1.54 bits per heavy atom. The molecule has 1 aliphatic heterocycles. The number of hydrogen-bond acceptors (Lipinski definition) is 6. The standard InChI is InChI=1S/C22H27N3O3/c23-16-19-6-8-22(9-7-19)28-18-20(26)17-25-12-10-24(11-13-25)14-15-27-21-4-2-1-3-5-21/h1-9,20,26H,10-15,17-18H2/t20-/m1/s1. The van der Waals surface area contributed by atoms with Crippen LogP contribution in [0, 0.1) is 11.3 Å². The number of aliphatic hydroxyl groups excluding tert-OH is 1. The van der Waals surface area contributed by atoms with Gasteiger partial charge in [0, 0.05) is 39.3 Å². The van der Waals surface area contributed by atoms with Crippen LogP contribution in [0.15, 0.2) is 54.6 Å². The molecule has 0 radical (unpaired) electrons. The molecule has 6 nitrogen and oxygen atoms in total. The van der Waals surface area contributed by atoms with E-state index in [1.54, 1.807) is 24.3 Å². The average molecular weight is 381 g/mol. The lowest BCUT2D eigenvalue weighted by Gasteiger charge is -2.35. The molecule has 2 aromatic carbocycles. The molecule has 1 fully saturated rings. The van der Waals surface area contributed by atoms with Gasteiger partial charge in [-0.25, -0.2) is 0 Å². The van der Waals surface area contributed by atoms with E-state index in [1.807, 2.05) is 30.3 Å². The van der Waals surface area contributed by atoms with Crippen LogP contribution in [0.1, 0.15) is 5.56 Å². The molecule has 6 heteroatoms. The second-order valence-corrected chi connectivity index (χ2v) is 6.90. The van der Waals surface area contributed by atoms with Gasteiger partial charge in [-0.2, -0.15) is 5.26 Å². The highest BCUT2D eigenvalue weighted by Crippen LogP contribution is 2.12. The lowest BCUT2D eigenvalue weighted by atomic mass is 10.2. The number of benzene rings is 2. The molecule has 0 unspecified atom stereocenters. The quantitative estimate of drug-likeness (QED) is 0.717. The molecule has 2 aromatic rings. The summed E-state index contributed by atoms with van der Waals surface area (Å²) in [4.78, 5) is 4.65. The molecule has 0 aromatic heterocycles. The largest absolute Gasteiger partial charge is 0.492 e. The summed E-state index contributed by atoms with van der Waals surface area (Å²) in [7, 11) is 0. The summed E-state index contributed by atoms with van der Waals surface area (Å²) in [6.07, 6.45) is -0.538. The van der Waals surface area contributed by atoms with Gasteiger partial charge in [0.25, 0.3) is 0 Å². The van der Waals surface area contributed by atoms with Gasteiger partial charge in [0.05, 0.1) is 11.6 Å². The van der Waals surface area contributed by atoms with Crippen molar-refractivity contribution in [2.75, 3.05) is 52.5 Å². The molecule has 0 saturated carbocycles. The van der Waals surface area contributed by atoms with Gasteiger partial charge in [0.2, 0.25) is 0 Å². The topological polar surface area (TPSA) is 69.0 Å². The van der Waals surface area contributed by atoms with E-state index in [0.29, 0.717) is 24.5 Å². The van der Waals surface area contributed by atoms with Crippen LogP contribution in [-0.4, -0.2) is 73.5 Å². The molecule has 28 heavy (non-hydrogen) atoms. The molecule has 0 aliphatic carbocycles. The SMILES string of the molecule is N#Cc1ccc(OC[C@H](O)CN2CCN(CCOc3ccccc3)CC2)cc1. The van der Waals surface area contributed by atoms with Gasteiger partial charge in [0.15, 0.2) is 0 Å². The smallest absolute Gasteiger partial charge is 0.119 e. The fraction of sp³-hybridized carbons (Fsp3) is 0.409. The molecule has 1 N–H and O–H groups in total. The Labute approximate surface area is 166 Å². The first-order chi connectivity index (χ1) is 13.7. The van der Waals surface area contributed by atoms with Crippen molar-refractivity contribution in [3.63, 3.8) is 0 Å². The van der Waals surface area contributed by atoms with Gasteiger partial charge < -0.3 is 14.6 Å². The fourth-order valence-electron chi connectivity index (χ4n) is 3.17. The Bertz CT molecular complexity index is 738. The van der Waals surface area contributed by atoms with Crippen molar-refractivity contribution >= 4 is 0 Å². The number of nitriles is 1.